The van der Waals surface area contributed by atoms with Gasteiger partial charge in [-0.2, -0.15) is 13.2 Å². The maximum Gasteiger partial charge on any atom is 0.416 e. The van der Waals surface area contributed by atoms with Gasteiger partial charge in [-0.15, -0.1) is 12.6 Å². The molecule has 1 atom stereocenters. The standard InChI is InChI=1S/C9H19FN2OS.C8H7F3/c1-2-7(10)3-4-12-5-8(11)9(14)6-13;1-6-2-4-7(5-3-6)8(9,10)11/h7,12-14H,2-6,11H2,1H3;2-5H,1H3/b9-8-;. The van der Waals surface area contributed by atoms with E-state index in [1.165, 1.54) is 12.1 Å². The van der Waals surface area contributed by atoms with Gasteiger partial charge >= 0.3 is 6.18 Å². The lowest BCUT2D eigenvalue weighted by Crippen LogP contribution is -2.24. The minimum Gasteiger partial charge on any atom is -0.400 e. The van der Waals surface area contributed by atoms with Crippen LogP contribution in [0.15, 0.2) is 34.9 Å². The number of aliphatic hydroxyl groups is 1. The number of nitrogens with one attached hydrogen (secondary N) is 1. The smallest absolute Gasteiger partial charge is 0.400 e. The molecule has 1 rings (SSSR count). The summed E-state index contributed by atoms with van der Waals surface area (Å²) in [6.45, 7) is 4.44. The van der Waals surface area contributed by atoms with Gasteiger partial charge in [0.15, 0.2) is 0 Å². The quantitative estimate of drug-likeness (QED) is 0.329. The first-order valence-electron chi connectivity index (χ1n) is 7.87. The fourth-order valence-electron chi connectivity index (χ4n) is 1.63. The van der Waals surface area contributed by atoms with Crippen molar-refractivity contribution in [3.63, 3.8) is 0 Å². The SMILES string of the molecule is CCC(F)CCNC/C(N)=C(/S)CO.Cc1ccc(C(F)(F)F)cc1. The van der Waals surface area contributed by atoms with E-state index >= 15 is 0 Å². The molecule has 25 heavy (non-hydrogen) atoms. The largest absolute Gasteiger partial charge is 0.416 e. The molecule has 0 bridgehead atoms. The Kier molecular flexibility index (Phi) is 11.6. The number of aliphatic hydroxyl groups excluding tert-OH is 1. The minimum absolute atomic E-state index is 0.155. The lowest BCUT2D eigenvalue weighted by atomic mass is 10.1. The fraction of sp³-hybridized carbons (Fsp3) is 0.529. The van der Waals surface area contributed by atoms with Crippen LogP contribution < -0.4 is 11.1 Å². The van der Waals surface area contributed by atoms with Gasteiger partial charge < -0.3 is 16.2 Å². The average molecular weight is 382 g/mol. The lowest BCUT2D eigenvalue weighted by Gasteiger charge is -2.08. The first-order chi connectivity index (χ1) is 11.6. The number of benzene rings is 1. The van der Waals surface area contributed by atoms with Crippen molar-refractivity contribution < 1.29 is 22.7 Å². The highest BCUT2D eigenvalue weighted by molar-refractivity contribution is 7.84. The molecule has 0 aliphatic carbocycles. The topological polar surface area (TPSA) is 58.3 Å². The number of rotatable bonds is 7. The zero-order valence-electron chi connectivity index (χ0n) is 14.4. The third-order valence-corrected chi connectivity index (χ3v) is 3.72. The number of aryl methyl sites for hydroxylation is 1. The Morgan fingerprint density at radius 1 is 1.28 bits per heavy atom. The van der Waals surface area contributed by atoms with Gasteiger partial charge in [0.25, 0.3) is 0 Å². The molecule has 1 aromatic carbocycles. The molecule has 0 aliphatic heterocycles. The summed E-state index contributed by atoms with van der Waals surface area (Å²) in [5, 5.41) is 11.7. The molecule has 0 aromatic heterocycles. The molecule has 144 valence electrons. The summed E-state index contributed by atoms with van der Waals surface area (Å²) < 4.78 is 48.5. The summed E-state index contributed by atoms with van der Waals surface area (Å²) in [6.07, 6.45) is -3.93. The molecular formula is C17H26F4N2OS. The highest BCUT2D eigenvalue weighted by Gasteiger charge is 2.29. The van der Waals surface area contributed by atoms with E-state index in [-0.39, 0.29) is 6.61 Å². The fourth-order valence-corrected chi connectivity index (χ4v) is 1.71. The molecule has 0 spiro atoms. The van der Waals surface area contributed by atoms with Crippen LogP contribution in [0.25, 0.3) is 0 Å². The Hall–Kier alpha value is -1.25. The molecule has 0 saturated heterocycles. The number of hydrogen-bond donors (Lipinski definition) is 4. The van der Waals surface area contributed by atoms with E-state index in [9.17, 15) is 17.6 Å². The van der Waals surface area contributed by atoms with Crippen LogP contribution in [-0.2, 0) is 6.18 Å². The molecule has 0 radical (unpaired) electrons. The maximum atomic E-state index is 12.7. The Bertz CT molecular complexity index is 518. The van der Waals surface area contributed by atoms with E-state index in [1.807, 2.05) is 6.92 Å². The second-order valence-corrected chi connectivity index (χ2v) is 6.00. The molecule has 0 fully saturated rings. The molecule has 1 unspecified atom stereocenters. The van der Waals surface area contributed by atoms with Crippen molar-refractivity contribution in [1.82, 2.24) is 5.32 Å². The average Bonchev–Trinajstić information content (AvgIpc) is 2.57. The predicted molar refractivity (Wildman–Crippen MR) is 96.1 cm³/mol. The predicted octanol–water partition coefficient (Wildman–Crippen LogP) is 3.82. The van der Waals surface area contributed by atoms with Gasteiger partial charge in [-0.1, -0.05) is 24.6 Å². The molecule has 3 nitrogen and oxygen atoms in total. The van der Waals surface area contributed by atoms with E-state index in [1.54, 1.807) is 6.92 Å². The third-order valence-electron chi connectivity index (χ3n) is 3.29. The van der Waals surface area contributed by atoms with Crippen LogP contribution in [-0.4, -0.2) is 31.0 Å². The van der Waals surface area contributed by atoms with E-state index < -0.39 is 17.9 Å². The number of nitrogens with two attached hydrogens (primary N) is 1. The molecule has 0 heterocycles. The summed E-state index contributed by atoms with van der Waals surface area (Å²) in [7, 11) is 0. The van der Waals surface area contributed by atoms with Gasteiger partial charge in [-0.05, 0) is 38.4 Å². The van der Waals surface area contributed by atoms with Crippen molar-refractivity contribution in [3.05, 3.63) is 46.0 Å². The van der Waals surface area contributed by atoms with Crippen LogP contribution in [0, 0.1) is 6.92 Å². The highest BCUT2D eigenvalue weighted by atomic mass is 32.1. The zero-order valence-corrected chi connectivity index (χ0v) is 15.3. The monoisotopic (exact) mass is 382 g/mol. The van der Waals surface area contributed by atoms with E-state index in [0.717, 1.165) is 17.7 Å². The van der Waals surface area contributed by atoms with Crippen molar-refractivity contribution in [1.29, 1.82) is 0 Å². The van der Waals surface area contributed by atoms with Crippen LogP contribution in [0.1, 0.15) is 30.9 Å². The Morgan fingerprint density at radius 2 is 1.84 bits per heavy atom. The van der Waals surface area contributed by atoms with Crippen LogP contribution in [0.2, 0.25) is 0 Å². The van der Waals surface area contributed by atoms with Gasteiger partial charge in [0.05, 0.1) is 12.2 Å². The third kappa shape index (κ3) is 11.1. The molecule has 0 amide bonds. The first-order valence-corrected chi connectivity index (χ1v) is 8.32. The van der Waals surface area contributed by atoms with Gasteiger partial charge in [-0.25, -0.2) is 4.39 Å². The molecule has 1 aromatic rings. The molecule has 0 aliphatic rings. The summed E-state index contributed by atoms with van der Waals surface area (Å²) in [5.74, 6) is 0. The van der Waals surface area contributed by atoms with Gasteiger partial charge in [-0.3, -0.25) is 0 Å². The van der Waals surface area contributed by atoms with Crippen LogP contribution in [0.3, 0.4) is 0 Å². The zero-order chi connectivity index (χ0) is 19.5. The number of halogens is 4. The second kappa shape index (κ2) is 12.2. The number of hydrogen-bond acceptors (Lipinski definition) is 4. The summed E-state index contributed by atoms with van der Waals surface area (Å²) in [6, 6.07) is 5.05. The van der Waals surface area contributed by atoms with Crippen LogP contribution in [0.4, 0.5) is 17.6 Å². The van der Waals surface area contributed by atoms with Crippen molar-refractivity contribution in [2.45, 2.75) is 39.0 Å². The normalized spacial score (nSPS) is 13.6. The maximum absolute atomic E-state index is 12.7. The lowest BCUT2D eigenvalue weighted by molar-refractivity contribution is -0.137. The van der Waals surface area contributed by atoms with E-state index in [4.69, 9.17) is 10.8 Å². The highest BCUT2D eigenvalue weighted by Crippen LogP contribution is 2.28. The van der Waals surface area contributed by atoms with Crippen molar-refractivity contribution >= 4 is 12.6 Å². The summed E-state index contributed by atoms with van der Waals surface area (Å²) in [4.78, 5) is 0.463. The van der Waals surface area contributed by atoms with E-state index in [2.05, 4.69) is 17.9 Å². The Labute approximate surface area is 151 Å². The number of alkyl halides is 4. The number of thiol groups is 1. The second-order valence-electron chi connectivity index (χ2n) is 5.46. The van der Waals surface area contributed by atoms with Crippen molar-refractivity contribution in [3.8, 4) is 0 Å². The molecular weight excluding hydrogens is 356 g/mol. The molecule has 8 heteroatoms. The van der Waals surface area contributed by atoms with Gasteiger partial charge in [0, 0.05) is 17.1 Å². The molecule has 4 N–H and O–H groups in total. The molecule has 0 saturated carbocycles. The van der Waals surface area contributed by atoms with Crippen molar-refractivity contribution in [2.75, 3.05) is 19.7 Å². The van der Waals surface area contributed by atoms with Crippen LogP contribution >= 0.6 is 12.6 Å². The summed E-state index contributed by atoms with van der Waals surface area (Å²) in [5.41, 5.74) is 6.30. The minimum atomic E-state index is -4.21. The first kappa shape index (κ1) is 23.8. The van der Waals surface area contributed by atoms with Gasteiger partial charge in [0.1, 0.15) is 6.17 Å². The van der Waals surface area contributed by atoms with E-state index in [0.29, 0.717) is 36.5 Å². The van der Waals surface area contributed by atoms with Gasteiger partial charge in [0.2, 0.25) is 0 Å². The van der Waals surface area contributed by atoms with Crippen LogP contribution in [0.5, 0.6) is 0 Å². The Balaban J connectivity index is 0.000000472. The summed E-state index contributed by atoms with van der Waals surface area (Å²) >= 11 is 3.98. The van der Waals surface area contributed by atoms with Crippen molar-refractivity contribution in [2.24, 2.45) is 5.73 Å². The Morgan fingerprint density at radius 3 is 2.28 bits per heavy atom.